The highest BCUT2D eigenvalue weighted by Gasteiger charge is 2.07. The molecule has 0 atom stereocenters. The highest BCUT2D eigenvalue weighted by atomic mass is 127. The Labute approximate surface area is 116 Å². The van der Waals surface area contributed by atoms with Crippen LogP contribution in [-0.2, 0) is 4.79 Å². The van der Waals surface area contributed by atoms with Gasteiger partial charge in [0.2, 0.25) is 5.91 Å². The zero-order chi connectivity index (χ0) is 12.8. The fraction of sp³-hybridized carbons (Fsp3) is 0.417. The third-order valence-electron chi connectivity index (χ3n) is 2.39. The Bertz CT molecular complexity index is 395. The second-order valence-electron chi connectivity index (χ2n) is 4.03. The van der Waals surface area contributed by atoms with Crippen LogP contribution < -0.4 is 11.1 Å². The number of nitrogens with one attached hydrogen (secondary N) is 1. The first kappa shape index (κ1) is 14.4. The summed E-state index contributed by atoms with van der Waals surface area (Å²) in [6, 6.07) is 5.95. The van der Waals surface area contributed by atoms with Gasteiger partial charge in [0.15, 0.2) is 0 Å². The number of carbonyl (C=O) groups excluding carboxylic acids is 1. The molecule has 0 aliphatic carbocycles. The van der Waals surface area contributed by atoms with E-state index in [-0.39, 0.29) is 5.91 Å². The molecule has 17 heavy (non-hydrogen) atoms. The Morgan fingerprint density at radius 1 is 1.53 bits per heavy atom. The van der Waals surface area contributed by atoms with Crippen molar-refractivity contribution in [2.24, 2.45) is 5.73 Å². The van der Waals surface area contributed by atoms with E-state index in [1.54, 1.807) is 0 Å². The molecule has 4 nitrogen and oxygen atoms in total. The molecule has 0 unspecified atom stereocenters. The first-order valence-electron chi connectivity index (χ1n) is 5.47. The quantitative estimate of drug-likeness (QED) is 0.793. The number of carbonyl (C=O) groups is 1. The highest BCUT2D eigenvalue weighted by Crippen LogP contribution is 2.17. The van der Waals surface area contributed by atoms with Gasteiger partial charge in [-0.15, -0.1) is 0 Å². The average molecular weight is 347 g/mol. The number of nitrogens with zero attached hydrogens (tertiary/aromatic N) is 1. The molecule has 0 bridgehead atoms. The van der Waals surface area contributed by atoms with E-state index in [0.29, 0.717) is 13.1 Å². The van der Waals surface area contributed by atoms with Gasteiger partial charge in [0.1, 0.15) is 0 Å². The van der Waals surface area contributed by atoms with Crippen molar-refractivity contribution in [3.05, 3.63) is 27.3 Å². The zero-order valence-electron chi connectivity index (χ0n) is 10.2. The molecule has 3 N–H and O–H groups in total. The molecule has 0 saturated carbocycles. The summed E-state index contributed by atoms with van der Waals surface area (Å²) >= 11 is 2.25. The maximum atomic E-state index is 11.7. The second kappa shape index (κ2) is 6.93. The van der Waals surface area contributed by atoms with Gasteiger partial charge in [0.25, 0.3) is 0 Å². The fourth-order valence-electron chi connectivity index (χ4n) is 1.50. The SMILES string of the molecule is Cc1cc(I)ccc1NC(=O)CN(C)CCN. The molecule has 94 valence electrons. The van der Waals surface area contributed by atoms with E-state index in [0.717, 1.165) is 17.8 Å². The van der Waals surface area contributed by atoms with Gasteiger partial charge in [-0.1, -0.05) is 0 Å². The number of nitrogens with two attached hydrogens (primary N) is 1. The fourth-order valence-corrected chi connectivity index (χ4v) is 2.15. The normalized spacial score (nSPS) is 10.6. The molecule has 0 heterocycles. The Hall–Kier alpha value is -0.660. The molecule has 0 aromatic heterocycles. The van der Waals surface area contributed by atoms with Gasteiger partial charge in [0.05, 0.1) is 6.54 Å². The summed E-state index contributed by atoms with van der Waals surface area (Å²) in [4.78, 5) is 13.6. The van der Waals surface area contributed by atoms with Crippen LogP contribution in [0.2, 0.25) is 0 Å². The lowest BCUT2D eigenvalue weighted by Crippen LogP contribution is -2.33. The minimum absolute atomic E-state index is 0.00902. The van der Waals surface area contributed by atoms with Crippen LogP contribution >= 0.6 is 22.6 Å². The van der Waals surface area contributed by atoms with Gasteiger partial charge >= 0.3 is 0 Å². The molecule has 1 aromatic rings. The van der Waals surface area contributed by atoms with E-state index in [1.807, 2.05) is 37.1 Å². The van der Waals surface area contributed by atoms with Crippen molar-refractivity contribution >= 4 is 34.2 Å². The van der Waals surface area contributed by atoms with E-state index in [2.05, 4.69) is 27.9 Å². The van der Waals surface area contributed by atoms with Crippen molar-refractivity contribution in [3.63, 3.8) is 0 Å². The number of aryl methyl sites for hydroxylation is 1. The van der Waals surface area contributed by atoms with E-state index in [4.69, 9.17) is 5.73 Å². The van der Waals surface area contributed by atoms with E-state index >= 15 is 0 Å². The lowest BCUT2D eigenvalue weighted by molar-refractivity contribution is -0.117. The molecule has 1 amide bonds. The van der Waals surface area contributed by atoms with Crippen LogP contribution in [0.15, 0.2) is 18.2 Å². The zero-order valence-corrected chi connectivity index (χ0v) is 12.3. The minimum atomic E-state index is -0.00902. The van der Waals surface area contributed by atoms with Crippen molar-refractivity contribution in [2.45, 2.75) is 6.92 Å². The maximum absolute atomic E-state index is 11.7. The lowest BCUT2D eigenvalue weighted by Gasteiger charge is -2.15. The van der Waals surface area contributed by atoms with Gasteiger partial charge in [0, 0.05) is 22.3 Å². The highest BCUT2D eigenvalue weighted by molar-refractivity contribution is 14.1. The Morgan fingerprint density at radius 2 is 2.24 bits per heavy atom. The molecule has 0 fully saturated rings. The summed E-state index contributed by atoms with van der Waals surface area (Å²) in [5.41, 5.74) is 7.37. The summed E-state index contributed by atoms with van der Waals surface area (Å²) in [6.45, 7) is 3.63. The Morgan fingerprint density at radius 3 is 2.82 bits per heavy atom. The Balaban J connectivity index is 2.56. The molecule has 0 radical (unpaired) electrons. The van der Waals surface area contributed by atoms with Crippen LogP contribution in [0.1, 0.15) is 5.56 Å². The summed E-state index contributed by atoms with van der Waals surface area (Å²) in [5.74, 6) is -0.00902. The number of halogens is 1. The largest absolute Gasteiger partial charge is 0.329 e. The third kappa shape index (κ3) is 5.01. The Kier molecular flexibility index (Phi) is 5.87. The smallest absolute Gasteiger partial charge is 0.238 e. The van der Waals surface area contributed by atoms with Crippen molar-refractivity contribution in [3.8, 4) is 0 Å². The first-order chi connectivity index (χ1) is 8.02. The summed E-state index contributed by atoms with van der Waals surface area (Å²) in [5, 5.41) is 2.90. The summed E-state index contributed by atoms with van der Waals surface area (Å²) in [7, 11) is 1.88. The molecular weight excluding hydrogens is 329 g/mol. The molecule has 0 aliphatic heterocycles. The summed E-state index contributed by atoms with van der Waals surface area (Å²) < 4.78 is 1.17. The predicted octanol–water partition coefficient (Wildman–Crippen LogP) is 1.43. The number of hydrogen-bond donors (Lipinski definition) is 2. The van der Waals surface area contributed by atoms with Crippen molar-refractivity contribution in [1.82, 2.24) is 4.90 Å². The van der Waals surface area contributed by atoms with Crippen LogP contribution in [-0.4, -0.2) is 37.5 Å². The second-order valence-corrected chi connectivity index (χ2v) is 5.28. The van der Waals surface area contributed by atoms with Crippen molar-refractivity contribution < 1.29 is 4.79 Å². The number of anilines is 1. The molecule has 1 rings (SSSR count). The molecule has 1 aromatic carbocycles. The van der Waals surface area contributed by atoms with Gasteiger partial charge in [-0.2, -0.15) is 0 Å². The third-order valence-corrected chi connectivity index (χ3v) is 3.06. The number of rotatable bonds is 5. The number of hydrogen-bond acceptors (Lipinski definition) is 3. The number of amides is 1. The lowest BCUT2D eigenvalue weighted by atomic mass is 10.2. The monoisotopic (exact) mass is 347 g/mol. The van der Waals surface area contributed by atoms with Gasteiger partial charge in [-0.05, 0) is 60.3 Å². The maximum Gasteiger partial charge on any atom is 0.238 e. The van der Waals surface area contributed by atoms with Crippen LogP contribution in [0.5, 0.6) is 0 Å². The number of benzene rings is 1. The number of likely N-dealkylation sites (N-methyl/N-ethyl adjacent to an activating group) is 1. The van der Waals surface area contributed by atoms with Crippen molar-refractivity contribution in [1.29, 1.82) is 0 Å². The molecule has 0 spiro atoms. The van der Waals surface area contributed by atoms with Gasteiger partial charge in [-0.3, -0.25) is 9.69 Å². The van der Waals surface area contributed by atoms with Gasteiger partial charge < -0.3 is 11.1 Å². The standard InChI is InChI=1S/C12H18IN3O/c1-9-7-10(13)3-4-11(9)15-12(17)8-16(2)6-5-14/h3-4,7H,5-6,8,14H2,1-2H3,(H,15,17). The van der Waals surface area contributed by atoms with Crippen molar-refractivity contribution in [2.75, 3.05) is 32.0 Å². The average Bonchev–Trinajstić information content (AvgIpc) is 2.22. The minimum Gasteiger partial charge on any atom is -0.329 e. The molecular formula is C12H18IN3O. The summed E-state index contributed by atoms with van der Waals surface area (Å²) in [6.07, 6.45) is 0. The van der Waals surface area contributed by atoms with Gasteiger partial charge in [-0.25, -0.2) is 0 Å². The van der Waals surface area contributed by atoms with Crippen LogP contribution in [0.3, 0.4) is 0 Å². The first-order valence-corrected chi connectivity index (χ1v) is 6.55. The molecule has 0 saturated heterocycles. The van der Waals surface area contributed by atoms with E-state index in [1.165, 1.54) is 3.57 Å². The van der Waals surface area contributed by atoms with Crippen LogP contribution in [0.4, 0.5) is 5.69 Å². The molecule has 5 heteroatoms. The van der Waals surface area contributed by atoms with E-state index < -0.39 is 0 Å². The molecule has 0 aliphatic rings. The topological polar surface area (TPSA) is 58.4 Å². The predicted molar refractivity (Wildman–Crippen MR) is 79.1 cm³/mol. The van der Waals surface area contributed by atoms with E-state index in [9.17, 15) is 4.79 Å². The van der Waals surface area contributed by atoms with Crippen LogP contribution in [0.25, 0.3) is 0 Å². The van der Waals surface area contributed by atoms with Crippen LogP contribution in [0, 0.1) is 10.5 Å².